The van der Waals surface area contributed by atoms with E-state index >= 15 is 0 Å². The summed E-state index contributed by atoms with van der Waals surface area (Å²) >= 11 is 0. The molecule has 0 aromatic heterocycles. The summed E-state index contributed by atoms with van der Waals surface area (Å²) in [5.41, 5.74) is 1.27. The summed E-state index contributed by atoms with van der Waals surface area (Å²) in [7, 11) is 0. The van der Waals surface area contributed by atoms with Crippen LogP contribution in [0.2, 0.25) is 0 Å². The van der Waals surface area contributed by atoms with Gasteiger partial charge in [0.1, 0.15) is 12.2 Å². The molecule has 2 aliphatic carbocycles. The van der Waals surface area contributed by atoms with Crippen molar-refractivity contribution in [3.05, 3.63) is 23.8 Å². The molecule has 3 aliphatic rings. The van der Waals surface area contributed by atoms with Crippen LogP contribution in [0.4, 0.5) is 0 Å². The number of fused-ring (bicyclic) bond motifs is 1. The number of hydrogen-bond acceptors (Lipinski definition) is 5. The predicted octanol–water partition coefficient (Wildman–Crippen LogP) is 4.20. The number of esters is 2. The van der Waals surface area contributed by atoms with Crippen LogP contribution in [0.25, 0.3) is 0 Å². The van der Waals surface area contributed by atoms with E-state index in [1.54, 1.807) is 0 Å². The molecule has 1 N–H and O–H groups in total. The fourth-order valence-corrected chi connectivity index (χ4v) is 5.07. The van der Waals surface area contributed by atoms with E-state index in [0.717, 1.165) is 25.7 Å². The van der Waals surface area contributed by atoms with Crippen molar-refractivity contribution in [1.29, 1.82) is 0 Å². The molecule has 1 heterocycles. The maximum atomic E-state index is 12.5. The monoisotopic (exact) mass is 404 g/mol. The number of aliphatic hydroxyl groups excluding tert-OH is 1. The van der Waals surface area contributed by atoms with Crippen molar-refractivity contribution < 1.29 is 24.2 Å². The number of carbonyl (C=O) groups is 2. The average molecular weight is 405 g/mol. The molecule has 8 atom stereocenters. The summed E-state index contributed by atoms with van der Waals surface area (Å²) in [6, 6.07) is 0. The van der Waals surface area contributed by atoms with Crippen molar-refractivity contribution in [2.24, 2.45) is 29.6 Å². The van der Waals surface area contributed by atoms with E-state index in [0.29, 0.717) is 24.2 Å². The number of aliphatic hydroxyl groups is 1. The Hall–Kier alpha value is -1.62. The summed E-state index contributed by atoms with van der Waals surface area (Å²) in [6.07, 6.45) is 9.70. The van der Waals surface area contributed by atoms with Crippen molar-refractivity contribution in [3.8, 4) is 0 Å². The van der Waals surface area contributed by atoms with E-state index in [-0.39, 0.29) is 42.4 Å². The first kappa shape index (κ1) is 22.1. The molecule has 1 fully saturated rings. The fourth-order valence-electron chi connectivity index (χ4n) is 5.07. The number of allylic oxidation sites excluding steroid dienone is 3. The summed E-state index contributed by atoms with van der Waals surface area (Å²) in [6.45, 7) is 8.33. The Morgan fingerprint density at radius 1 is 1.31 bits per heavy atom. The third kappa shape index (κ3) is 5.30. The minimum Gasteiger partial charge on any atom is -0.462 e. The van der Waals surface area contributed by atoms with Gasteiger partial charge in [0.15, 0.2) is 0 Å². The molecule has 0 bridgehead atoms. The highest BCUT2D eigenvalue weighted by Crippen LogP contribution is 2.45. The molecule has 1 saturated heterocycles. The van der Waals surface area contributed by atoms with Gasteiger partial charge in [-0.15, -0.1) is 0 Å². The zero-order valence-corrected chi connectivity index (χ0v) is 18.2. The number of hydrogen-bond donors (Lipinski definition) is 1. The second-order valence-electron chi connectivity index (χ2n) is 9.36. The van der Waals surface area contributed by atoms with Crippen LogP contribution in [-0.4, -0.2) is 35.4 Å². The summed E-state index contributed by atoms with van der Waals surface area (Å²) in [4.78, 5) is 24.2. The largest absolute Gasteiger partial charge is 0.462 e. The zero-order valence-electron chi connectivity index (χ0n) is 18.2. The van der Waals surface area contributed by atoms with E-state index in [1.165, 1.54) is 5.57 Å². The van der Waals surface area contributed by atoms with Gasteiger partial charge in [-0.1, -0.05) is 45.9 Å². The van der Waals surface area contributed by atoms with E-state index in [1.807, 2.05) is 13.8 Å². The fraction of sp³-hybridized carbons (Fsp3) is 0.750. The van der Waals surface area contributed by atoms with Crippen LogP contribution in [0.1, 0.15) is 66.2 Å². The summed E-state index contributed by atoms with van der Waals surface area (Å²) in [5, 5.41) is 9.89. The van der Waals surface area contributed by atoms with Gasteiger partial charge in [-0.2, -0.15) is 0 Å². The third-order valence-corrected chi connectivity index (χ3v) is 6.93. The minimum atomic E-state index is -0.597. The molecular weight excluding hydrogens is 368 g/mol. The van der Waals surface area contributed by atoms with Gasteiger partial charge in [-0.25, -0.2) is 0 Å². The van der Waals surface area contributed by atoms with Gasteiger partial charge in [0.2, 0.25) is 0 Å². The van der Waals surface area contributed by atoms with Crippen molar-refractivity contribution in [1.82, 2.24) is 0 Å². The molecule has 0 spiro atoms. The first-order chi connectivity index (χ1) is 13.8. The quantitative estimate of drug-likeness (QED) is 0.672. The predicted molar refractivity (Wildman–Crippen MR) is 111 cm³/mol. The highest BCUT2D eigenvalue weighted by atomic mass is 16.5. The second kappa shape index (κ2) is 9.46. The van der Waals surface area contributed by atoms with Crippen LogP contribution in [0.3, 0.4) is 0 Å². The maximum Gasteiger partial charge on any atom is 0.308 e. The Bertz CT molecular complexity index is 666. The molecule has 0 aromatic carbocycles. The molecule has 162 valence electrons. The molecule has 0 amide bonds. The maximum absolute atomic E-state index is 12.5. The highest BCUT2D eigenvalue weighted by molar-refractivity contribution is 5.72. The Kier molecular flexibility index (Phi) is 7.20. The van der Waals surface area contributed by atoms with E-state index in [2.05, 4.69) is 32.1 Å². The van der Waals surface area contributed by atoms with Crippen molar-refractivity contribution in [2.45, 2.75) is 84.5 Å². The summed E-state index contributed by atoms with van der Waals surface area (Å²) < 4.78 is 11.5. The molecule has 1 aliphatic heterocycles. The van der Waals surface area contributed by atoms with Crippen LogP contribution < -0.4 is 0 Å². The van der Waals surface area contributed by atoms with Crippen LogP contribution >= 0.6 is 0 Å². The van der Waals surface area contributed by atoms with Crippen molar-refractivity contribution in [3.63, 3.8) is 0 Å². The lowest BCUT2D eigenvalue weighted by Gasteiger charge is -2.43. The van der Waals surface area contributed by atoms with Gasteiger partial charge >= 0.3 is 11.9 Å². The van der Waals surface area contributed by atoms with Crippen molar-refractivity contribution >= 4 is 11.9 Å². The molecule has 0 saturated carbocycles. The molecule has 0 aromatic rings. The Morgan fingerprint density at radius 2 is 2.07 bits per heavy atom. The van der Waals surface area contributed by atoms with E-state index < -0.39 is 6.10 Å². The molecule has 0 unspecified atom stereocenters. The van der Waals surface area contributed by atoms with Crippen molar-refractivity contribution in [2.75, 3.05) is 0 Å². The zero-order chi connectivity index (χ0) is 21.1. The Balaban J connectivity index is 1.74. The Morgan fingerprint density at radius 3 is 2.76 bits per heavy atom. The molecule has 5 heteroatoms. The number of cyclic esters (lactones) is 1. The van der Waals surface area contributed by atoms with Gasteiger partial charge in [-0.05, 0) is 49.0 Å². The second-order valence-corrected chi connectivity index (χ2v) is 9.36. The third-order valence-electron chi connectivity index (χ3n) is 6.93. The smallest absolute Gasteiger partial charge is 0.308 e. The Labute approximate surface area is 174 Å². The lowest BCUT2D eigenvalue weighted by molar-refractivity contribution is -0.162. The van der Waals surface area contributed by atoms with E-state index in [4.69, 9.17) is 9.47 Å². The molecule has 5 nitrogen and oxygen atoms in total. The van der Waals surface area contributed by atoms with Gasteiger partial charge in [0.25, 0.3) is 0 Å². The molecular formula is C24H36O5. The summed E-state index contributed by atoms with van der Waals surface area (Å²) in [5.74, 6) is 0.755. The van der Waals surface area contributed by atoms with Crippen LogP contribution in [0, 0.1) is 29.6 Å². The van der Waals surface area contributed by atoms with Gasteiger partial charge in [0.05, 0.1) is 18.4 Å². The topological polar surface area (TPSA) is 72.8 Å². The van der Waals surface area contributed by atoms with Crippen LogP contribution in [-0.2, 0) is 19.1 Å². The van der Waals surface area contributed by atoms with Gasteiger partial charge in [0, 0.05) is 12.3 Å². The average Bonchev–Trinajstić information content (AvgIpc) is 2.65. The van der Waals surface area contributed by atoms with Crippen LogP contribution in [0.5, 0.6) is 0 Å². The lowest BCUT2D eigenvalue weighted by Crippen LogP contribution is -2.42. The molecule has 0 radical (unpaired) electrons. The first-order valence-electron chi connectivity index (χ1n) is 11.3. The number of carbonyl (C=O) groups excluding carboxylic acids is 2. The SMILES string of the molecule is CC[C@@H](C)C(=O)O[C@H]1C[C@H](C)C=C2C=C[C@@H](C)[C@@H](CC[C@H]3C[C@@H](O)CC(=O)O3)[C@@H]21. The highest BCUT2D eigenvalue weighted by Gasteiger charge is 2.42. The first-order valence-corrected chi connectivity index (χ1v) is 11.3. The van der Waals surface area contributed by atoms with Crippen LogP contribution in [0.15, 0.2) is 23.8 Å². The normalized spacial score (nSPS) is 37.9. The molecule has 29 heavy (non-hydrogen) atoms. The molecule has 3 rings (SSSR count). The lowest BCUT2D eigenvalue weighted by atomic mass is 9.65. The number of rotatable bonds is 6. The number of ether oxygens (including phenoxy) is 2. The van der Waals surface area contributed by atoms with Gasteiger partial charge in [-0.3, -0.25) is 9.59 Å². The van der Waals surface area contributed by atoms with E-state index in [9.17, 15) is 14.7 Å². The minimum absolute atomic E-state index is 0.0854. The van der Waals surface area contributed by atoms with Gasteiger partial charge < -0.3 is 14.6 Å². The standard InChI is InChI=1S/C24H36O5/c1-5-15(3)24(27)29-21-11-14(2)10-17-7-6-16(4)20(23(17)21)9-8-19-12-18(25)13-22(26)28-19/h6-7,10,14-16,18-21,23,25H,5,8-9,11-13H2,1-4H3/t14-,15-,16-,18-,19+,20-,21+,23-/m1/s1.